The number of hydrogen-bond acceptors (Lipinski definition) is 7. The van der Waals surface area contributed by atoms with Crippen LogP contribution in [0.1, 0.15) is 73.4 Å². The zero-order valence-corrected chi connectivity index (χ0v) is 26.5. The number of aliphatic hydroxyl groups is 1. The van der Waals surface area contributed by atoms with E-state index < -0.39 is 26.3 Å². The number of fused-ring (bicyclic) bond motifs is 5. The minimum absolute atomic E-state index is 0.0249. The van der Waals surface area contributed by atoms with Crippen molar-refractivity contribution in [2.24, 2.45) is 17.8 Å². The van der Waals surface area contributed by atoms with Crippen molar-refractivity contribution >= 4 is 33.2 Å². The topological polar surface area (TPSA) is 120 Å². The van der Waals surface area contributed by atoms with Gasteiger partial charge in [0, 0.05) is 29.1 Å². The summed E-state index contributed by atoms with van der Waals surface area (Å²) in [7, 11) is -3.96. The van der Waals surface area contributed by atoms with Crippen LogP contribution in [0.2, 0.25) is 5.02 Å². The van der Waals surface area contributed by atoms with Crippen molar-refractivity contribution in [1.82, 2.24) is 4.72 Å². The number of halogens is 1. The Labute approximate surface area is 264 Å². The molecule has 2 aliphatic heterocycles. The zero-order chi connectivity index (χ0) is 30.9. The SMILES string of the molecule is C[C@@]12C[C@H]1C/C=C/[C@@](O)(CC#N)[C@@H]1CC[C@H]1CN1C[C@@]3(CCCc4cc(Cl)ccc43)COc3ccc(cc31)C(=O)NS2(=O)=O. The van der Waals surface area contributed by atoms with Gasteiger partial charge >= 0.3 is 0 Å². The number of carbonyl (C=O) groups excluding carboxylic acids is 1. The molecule has 5 aliphatic rings. The van der Waals surface area contributed by atoms with Crippen LogP contribution in [0.4, 0.5) is 5.69 Å². The maximum atomic E-state index is 13.4. The Balaban J connectivity index is 1.33. The highest BCUT2D eigenvalue weighted by Gasteiger charge is 2.60. The van der Waals surface area contributed by atoms with E-state index in [0.717, 1.165) is 37.8 Å². The van der Waals surface area contributed by atoms with Crippen LogP contribution in [0.25, 0.3) is 0 Å². The average molecular weight is 636 g/mol. The number of hydrogen-bond donors (Lipinski definition) is 2. The molecule has 2 aromatic carbocycles. The molecular formula is C34H38ClN3O5S. The summed E-state index contributed by atoms with van der Waals surface area (Å²) in [5.41, 5.74) is 1.82. The molecule has 0 radical (unpaired) electrons. The number of sulfonamides is 1. The number of amides is 1. The number of nitrogens with zero attached hydrogens (tertiary/aromatic N) is 2. The van der Waals surface area contributed by atoms with E-state index in [0.29, 0.717) is 43.3 Å². The standard InChI is InChI=1S/C34H38ClN3O5S/c1-32-18-25(32)5-3-13-34(40,14-15-36)28-9-6-24(28)19-38-20-33(12-2-4-22-16-26(35)8-10-27(22)33)21-43-30-11-7-23(17-29(30)38)31(39)37-44(32,41)42/h3,7-8,10-11,13,16-17,24-25,28,40H,2,4-6,9,12,14,18-21H2,1H3,(H,37,39)/b13-3+/t24-,25+,28+,32+,33-,34+/m0/s1. The molecule has 2 aromatic rings. The third-order valence-electron chi connectivity index (χ3n) is 11.2. The Morgan fingerprint density at radius 3 is 2.84 bits per heavy atom. The monoisotopic (exact) mass is 635 g/mol. The normalized spacial score (nSPS) is 36.2. The van der Waals surface area contributed by atoms with Gasteiger partial charge in [-0.2, -0.15) is 5.26 Å². The molecular weight excluding hydrogens is 598 g/mol. The predicted octanol–water partition coefficient (Wildman–Crippen LogP) is 5.28. The molecule has 1 spiro atoms. The summed E-state index contributed by atoms with van der Waals surface area (Å²) in [5, 5.41) is 22.3. The number of aryl methyl sites for hydroxylation is 1. The molecule has 232 valence electrons. The van der Waals surface area contributed by atoms with Gasteiger partial charge < -0.3 is 14.7 Å². The molecule has 2 bridgehead atoms. The summed E-state index contributed by atoms with van der Waals surface area (Å²) in [6, 6.07) is 13.4. The fourth-order valence-electron chi connectivity index (χ4n) is 8.25. The van der Waals surface area contributed by atoms with Crippen LogP contribution in [-0.2, 0) is 21.9 Å². The smallest absolute Gasteiger partial charge is 0.264 e. The van der Waals surface area contributed by atoms with Gasteiger partial charge in [0.05, 0.1) is 35.1 Å². The van der Waals surface area contributed by atoms with Crippen molar-refractivity contribution in [3.8, 4) is 11.8 Å². The van der Waals surface area contributed by atoms with E-state index in [4.69, 9.17) is 16.3 Å². The maximum absolute atomic E-state index is 13.4. The lowest BCUT2D eigenvalue weighted by molar-refractivity contribution is -0.0417. The number of rotatable bonds is 1. The maximum Gasteiger partial charge on any atom is 0.264 e. The van der Waals surface area contributed by atoms with Gasteiger partial charge in [-0.15, -0.1) is 0 Å². The van der Waals surface area contributed by atoms with Gasteiger partial charge in [-0.1, -0.05) is 29.8 Å². The lowest BCUT2D eigenvalue weighted by Gasteiger charge is -2.48. The molecule has 2 saturated carbocycles. The second-order valence-corrected chi connectivity index (χ2v) is 16.4. The molecule has 0 aromatic heterocycles. The summed E-state index contributed by atoms with van der Waals surface area (Å²) in [4.78, 5) is 15.7. The molecule has 10 heteroatoms. The van der Waals surface area contributed by atoms with Crippen molar-refractivity contribution in [3.05, 3.63) is 70.3 Å². The Hall–Kier alpha value is -3.06. The van der Waals surface area contributed by atoms with Crippen LogP contribution >= 0.6 is 11.6 Å². The molecule has 2 N–H and O–H groups in total. The quantitative estimate of drug-likeness (QED) is 0.409. The van der Waals surface area contributed by atoms with Crippen LogP contribution in [0.5, 0.6) is 5.75 Å². The fraction of sp³-hybridized carbons (Fsp3) is 0.529. The second-order valence-electron chi connectivity index (χ2n) is 13.8. The molecule has 44 heavy (non-hydrogen) atoms. The van der Waals surface area contributed by atoms with Gasteiger partial charge in [-0.3, -0.25) is 4.79 Å². The van der Waals surface area contributed by atoms with Gasteiger partial charge in [-0.05, 0) is 111 Å². The molecule has 0 unspecified atom stereocenters. The highest BCUT2D eigenvalue weighted by atomic mass is 35.5. The van der Waals surface area contributed by atoms with Gasteiger partial charge in [0.25, 0.3) is 5.91 Å². The third-order valence-corrected chi connectivity index (χ3v) is 13.6. The Morgan fingerprint density at radius 1 is 1.23 bits per heavy atom. The van der Waals surface area contributed by atoms with E-state index in [1.54, 1.807) is 31.2 Å². The highest BCUT2D eigenvalue weighted by Crippen LogP contribution is 2.53. The minimum atomic E-state index is -3.96. The number of nitriles is 1. The molecule has 3 aliphatic carbocycles. The van der Waals surface area contributed by atoms with E-state index in [2.05, 4.69) is 21.8 Å². The van der Waals surface area contributed by atoms with Crippen LogP contribution in [-0.4, -0.2) is 49.5 Å². The van der Waals surface area contributed by atoms with E-state index >= 15 is 0 Å². The molecule has 6 atom stereocenters. The van der Waals surface area contributed by atoms with Crippen molar-refractivity contribution < 1.29 is 23.1 Å². The first-order valence-electron chi connectivity index (χ1n) is 15.6. The number of allylic oxidation sites excluding steroid dienone is 1. The number of nitrogens with one attached hydrogen (secondary N) is 1. The number of carbonyl (C=O) groups is 1. The number of ether oxygens (including phenoxy) is 1. The molecule has 8 nitrogen and oxygen atoms in total. The van der Waals surface area contributed by atoms with Gasteiger partial charge in [-0.25, -0.2) is 13.1 Å². The van der Waals surface area contributed by atoms with Crippen LogP contribution in [0.15, 0.2) is 48.6 Å². The van der Waals surface area contributed by atoms with E-state index in [1.165, 1.54) is 11.1 Å². The lowest BCUT2D eigenvalue weighted by Crippen LogP contribution is -2.52. The van der Waals surface area contributed by atoms with Crippen LogP contribution in [0, 0.1) is 29.1 Å². The highest BCUT2D eigenvalue weighted by molar-refractivity contribution is 7.91. The first kappa shape index (κ1) is 29.6. The predicted molar refractivity (Wildman–Crippen MR) is 168 cm³/mol. The van der Waals surface area contributed by atoms with E-state index in [-0.39, 0.29) is 35.2 Å². The van der Waals surface area contributed by atoms with E-state index in [1.807, 2.05) is 18.2 Å². The molecule has 0 saturated heterocycles. The summed E-state index contributed by atoms with van der Waals surface area (Å²) in [5.74, 6) is -0.190. The third kappa shape index (κ3) is 4.81. The van der Waals surface area contributed by atoms with E-state index in [9.17, 15) is 23.6 Å². The van der Waals surface area contributed by atoms with Gasteiger partial charge in [0.15, 0.2) is 0 Å². The van der Waals surface area contributed by atoms with Crippen molar-refractivity contribution in [3.63, 3.8) is 0 Å². The number of benzene rings is 2. The zero-order valence-electron chi connectivity index (χ0n) is 24.9. The fourth-order valence-corrected chi connectivity index (χ4v) is 10.00. The molecule has 7 rings (SSSR count). The Kier molecular flexibility index (Phi) is 7.07. The first-order valence-corrected chi connectivity index (χ1v) is 17.5. The summed E-state index contributed by atoms with van der Waals surface area (Å²) < 4.78 is 34.6. The Bertz CT molecular complexity index is 1700. The molecule has 2 fully saturated rings. The van der Waals surface area contributed by atoms with Crippen LogP contribution < -0.4 is 14.4 Å². The second kappa shape index (κ2) is 10.5. The summed E-state index contributed by atoms with van der Waals surface area (Å²) in [6.45, 7) is 3.36. The minimum Gasteiger partial charge on any atom is -0.490 e. The largest absolute Gasteiger partial charge is 0.490 e. The Morgan fingerprint density at radius 2 is 2.07 bits per heavy atom. The summed E-state index contributed by atoms with van der Waals surface area (Å²) in [6.07, 6.45) is 9.00. The van der Waals surface area contributed by atoms with Crippen LogP contribution in [0.3, 0.4) is 0 Å². The van der Waals surface area contributed by atoms with Crippen molar-refractivity contribution in [2.45, 2.75) is 74.1 Å². The van der Waals surface area contributed by atoms with Crippen molar-refractivity contribution in [1.29, 1.82) is 5.26 Å². The van der Waals surface area contributed by atoms with Gasteiger partial charge in [0.1, 0.15) is 5.75 Å². The number of anilines is 1. The van der Waals surface area contributed by atoms with Crippen molar-refractivity contribution in [2.75, 3.05) is 24.6 Å². The molecule has 1 amide bonds. The molecule has 2 heterocycles. The average Bonchev–Trinajstić information content (AvgIpc) is 3.67. The summed E-state index contributed by atoms with van der Waals surface area (Å²) >= 11 is 6.40. The first-order chi connectivity index (χ1) is 21.0. The van der Waals surface area contributed by atoms with Gasteiger partial charge in [0.2, 0.25) is 10.0 Å². The lowest BCUT2D eigenvalue weighted by atomic mass is 9.63.